The monoisotopic (exact) mass is 303 g/mol. The first-order valence-electron chi connectivity index (χ1n) is 5.89. The molecule has 0 aliphatic heterocycles. The molecule has 0 aliphatic rings. The molecule has 0 unspecified atom stereocenters. The van der Waals surface area contributed by atoms with Gasteiger partial charge in [-0.05, 0) is 39.0 Å². The molecule has 1 N–H and O–H groups in total. The second-order valence-electron chi connectivity index (χ2n) is 5.20. The first-order valence-corrected chi connectivity index (χ1v) is 7.92. The first-order chi connectivity index (χ1) is 8.63. The minimum Gasteiger partial charge on any atom is -0.351 e. The van der Waals surface area contributed by atoms with Crippen LogP contribution < -0.4 is 5.32 Å². The number of carbonyl (C=O) groups is 1. The minimum atomic E-state index is -3.22. The Labute approximate surface area is 119 Å². The Morgan fingerprint density at radius 1 is 1.32 bits per heavy atom. The van der Waals surface area contributed by atoms with Gasteiger partial charge in [0.15, 0.2) is 9.84 Å². The summed E-state index contributed by atoms with van der Waals surface area (Å²) < 4.78 is 22.9. The SMILES string of the molecule is CC(C)(C)S(=O)(=O)CCNC(=O)c1cccc(Cl)c1. The lowest BCUT2D eigenvalue weighted by Crippen LogP contribution is -2.36. The minimum absolute atomic E-state index is 0.0805. The molecule has 19 heavy (non-hydrogen) atoms. The predicted molar refractivity (Wildman–Crippen MR) is 77.3 cm³/mol. The number of hydrogen-bond donors (Lipinski definition) is 1. The summed E-state index contributed by atoms with van der Waals surface area (Å²) in [6, 6.07) is 6.50. The Morgan fingerprint density at radius 3 is 2.47 bits per heavy atom. The highest BCUT2D eigenvalue weighted by Crippen LogP contribution is 2.15. The third kappa shape index (κ3) is 4.51. The van der Waals surface area contributed by atoms with Crippen molar-refractivity contribution in [1.29, 1.82) is 0 Å². The van der Waals surface area contributed by atoms with Gasteiger partial charge in [-0.25, -0.2) is 8.42 Å². The van der Waals surface area contributed by atoms with Crippen molar-refractivity contribution in [3.05, 3.63) is 34.9 Å². The summed E-state index contributed by atoms with van der Waals surface area (Å²) in [7, 11) is -3.22. The van der Waals surface area contributed by atoms with Gasteiger partial charge in [-0.3, -0.25) is 4.79 Å². The van der Waals surface area contributed by atoms with Gasteiger partial charge in [0.1, 0.15) is 0 Å². The van der Waals surface area contributed by atoms with Crippen molar-refractivity contribution < 1.29 is 13.2 Å². The van der Waals surface area contributed by atoms with Crippen LogP contribution in [-0.4, -0.2) is 31.4 Å². The normalized spacial score (nSPS) is 12.2. The Morgan fingerprint density at radius 2 is 1.95 bits per heavy atom. The molecular weight excluding hydrogens is 286 g/mol. The van der Waals surface area contributed by atoms with Gasteiger partial charge in [-0.15, -0.1) is 0 Å². The van der Waals surface area contributed by atoms with Gasteiger partial charge in [0.2, 0.25) is 0 Å². The second-order valence-corrected chi connectivity index (χ2v) is 8.50. The van der Waals surface area contributed by atoms with E-state index < -0.39 is 14.6 Å². The largest absolute Gasteiger partial charge is 0.351 e. The van der Waals surface area contributed by atoms with Crippen LogP contribution in [0.3, 0.4) is 0 Å². The maximum Gasteiger partial charge on any atom is 0.251 e. The molecule has 0 aliphatic carbocycles. The smallest absolute Gasteiger partial charge is 0.251 e. The zero-order valence-corrected chi connectivity index (χ0v) is 12.8. The van der Waals surface area contributed by atoms with Crippen LogP contribution in [0.1, 0.15) is 31.1 Å². The van der Waals surface area contributed by atoms with Crippen LogP contribution in [0.4, 0.5) is 0 Å². The summed E-state index contributed by atoms with van der Waals surface area (Å²) in [5.41, 5.74) is 0.417. The molecule has 0 radical (unpaired) electrons. The highest BCUT2D eigenvalue weighted by molar-refractivity contribution is 7.92. The molecule has 0 saturated carbocycles. The number of benzene rings is 1. The van der Waals surface area contributed by atoms with Gasteiger partial charge < -0.3 is 5.32 Å². The number of sulfone groups is 1. The van der Waals surface area contributed by atoms with Crippen molar-refractivity contribution in [3.63, 3.8) is 0 Å². The lowest BCUT2D eigenvalue weighted by atomic mass is 10.2. The van der Waals surface area contributed by atoms with Crippen molar-refractivity contribution in [2.75, 3.05) is 12.3 Å². The molecule has 0 saturated heterocycles. The summed E-state index contributed by atoms with van der Waals surface area (Å²) in [6.07, 6.45) is 0. The standard InChI is InChI=1S/C13H18ClNO3S/c1-13(2,3)19(17,18)8-7-15-12(16)10-5-4-6-11(14)9-10/h4-6,9H,7-8H2,1-3H3,(H,15,16). The number of carbonyl (C=O) groups excluding carboxylic acids is 1. The Balaban J connectivity index is 2.58. The highest BCUT2D eigenvalue weighted by Gasteiger charge is 2.28. The van der Waals surface area contributed by atoms with E-state index in [0.29, 0.717) is 10.6 Å². The van der Waals surface area contributed by atoms with E-state index in [4.69, 9.17) is 11.6 Å². The highest BCUT2D eigenvalue weighted by atomic mass is 35.5. The van der Waals surface area contributed by atoms with Crippen molar-refractivity contribution in [2.45, 2.75) is 25.5 Å². The van der Waals surface area contributed by atoms with Gasteiger partial charge in [0, 0.05) is 17.1 Å². The molecule has 1 rings (SSSR count). The quantitative estimate of drug-likeness (QED) is 0.928. The first kappa shape index (κ1) is 16.0. The Bertz CT molecular complexity index is 561. The fourth-order valence-electron chi connectivity index (χ4n) is 1.34. The number of hydrogen-bond acceptors (Lipinski definition) is 3. The summed E-state index contributed by atoms with van der Waals surface area (Å²) in [6.45, 7) is 5.01. The van der Waals surface area contributed by atoms with Gasteiger partial charge in [0.05, 0.1) is 10.5 Å². The van der Waals surface area contributed by atoms with E-state index >= 15 is 0 Å². The number of halogens is 1. The van der Waals surface area contributed by atoms with E-state index in [1.807, 2.05) is 0 Å². The fourth-order valence-corrected chi connectivity index (χ4v) is 2.51. The zero-order chi connectivity index (χ0) is 14.7. The van der Waals surface area contributed by atoms with Crippen molar-refractivity contribution in [1.82, 2.24) is 5.32 Å². The van der Waals surface area contributed by atoms with Crippen LogP contribution in [0.15, 0.2) is 24.3 Å². The van der Waals surface area contributed by atoms with Gasteiger partial charge >= 0.3 is 0 Å². The summed E-state index contributed by atoms with van der Waals surface area (Å²) in [5, 5.41) is 3.05. The predicted octanol–water partition coefficient (Wildman–Crippen LogP) is 2.28. The van der Waals surface area contributed by atoms with Crippen LogP contribution in [-0.2, 0) is 9.84 Å². The van der Waals surface area contributed by atoms with Crippen molar-refractivity contribution in [3.8, 4) is 0 Å². The van der Waals surface area contributed by atoms with Gasteiger partial charge in [0.25, 0.3) is 5.91 Å². The molecule has 0 aromatic heterocycles. The summed E-state index contributed by atoms with van der Waals surface area (Å²) >= 11 is 5.78. The number of rotatable bonds is 4. The summed E-state index contributed by atoms with van der Waals surface area (Å²) in [4.78, 5) is 11.8. The van der Waals surface area contributed by atoms with Crippen molar-refractivity contribution in [2.24, 2.45) is 0 Å². The zero-order valence-electron chi connectivity index (χ0n) is 11.2. The Hall–Kier alpha value is -1.07. The molecule has 0 heterocycles. The lowest BCUT2D eigenvalue weighted by Gasteiger charge is -2.19. The average Bonchev–Trinajstić information content (AvgIpc) is 2.27. The molecule has 1 amide bonds. The topological polar surface area (TPSA) is 63.2 Å². The average molecular weight is 304 g/mol. The van der Waals surface area contributed by atoms with Gasteiger partial charge in [-0.1, -0.05) is 17.7 Å². The van der Waals surface area contributed by atoms with Crippen molar-refractivity contribution >= 4 is 27.3 Å². The third-order valence-electron chi connectivity index (χ3n) is 2.68. The van der Waals surface area contributed by atoms with Crippen LogP contribution in [0.2, 0.25) is 5.02 Å². The van der Waals surface area contributed by atoms with Crippen LogP contribution >= 0.6 is 11.6 Å². The van der Waals surface area contributed by atoms with E-state index in [1.165, 1.54) is 6.07 Å². The third-order valence-corrected chi connectivity index (χ3v) is 5.52. The molecule has 6 heteroatoms. The molecule has 1 aromatic carbocycles. The molecule has 0 bridgehead atoms. The lowest BCUT2D eigenvalue weighted by molar-refractivity contribution is 0.0956. The molecule has 0 spiro atoms. The van der Waals surface area contributed by atoms with E-state index in [2.05, 4.69) is 5.32 Å². The van der Waals surface area contributed by atoms with Gasteiger partial charge in [-0.2, -0.15) is 0 Å². The van der Waals surface area contributed by atoms with Crippen LogP contribution in [0.5, 0.6) is 0 Å². The molecular formula is C13H18ClNO3S. The van der Waals surface area contributed by atoms with E-state index in [9.17, 15) is 13.2 Å². The van der Waals surface area contributed by atoms with E-state index in [-0.39, 0.29) is 18.2 Å². The molecule has 0 fully saturated rings. The number of nitrogens with one attached hydrogen (secondary N) is 1. The second kappa shape index (κ2) is 5.92. The van der Waals surface area contributed by atoms with E-state index in [1.54, 1.807) is 39.0 Å². The molecule has 106 valence electrons. The molecule has 4 nitrogen and oxygen atoms in total. The Kier molecular flexibility index (Phi) is 4.98. The van der Waals surface area contributed by atoms with Crippen LogP contribution in [0.25, 0.3) is 0 Å². The maximum absolute atomic E-state index is 11.9. The maximum atomic E-state index is 11.9. The van der Waals surface area contributed by atoms with Crippen LogP contribution in [0, 0.1) is 0 Å². The molecule has 1 aromatic rings. The fraction of sp³-hybridized carbons (Fsp3) is 0.462. The summed E-state index contributed by atoms with van der Waals surface area (Å²) in [5.74, 6) is -0.408. The van der Waals surface area contributed by atoms with E-state index in [0.717, 1.165) is 0 Å². The molecule has 0 atom stereocenters. The number of amides is 1.